The normalized spacial score (nSPS) is 14.3. The molecule has 1 fully saturated rings. The first-order chi connectivity index (χ1) is 18.8. The summed E-state index contributed by atoms with van der Waals surface area (Å²) >= 11 is 1.02. The Morgan fingerprint density at radius 2 is 1.87 bits per heavy atom. The number of carboxylic acids is 1. The molecule has 1 aliphatic rings. The number of halogens is 3. The van der Waals surface area contributed by atoms with Crippen molar-refractivity contribution < 1.29 is 37.3 Å². The molecule has 11 heteroatoms. The molecular formula is C28H27F3N2O5S. The van der Waals surface area contributed by atoms with Crippen molar-refractivity contribution in [3.8, 4) is 11.3 Å². The van der Waals surface area contributed by atoms with Gasteiger partial charge in [0.15, 0.2) is 5.13 Å². The molecule has 0 bridgehead atoms. The molecule has 1 aromatic heterocycles. The molecule has 0 unspecified atom stereocenters. The molecule has 39 heavy (non-hydrogen) atoms. The third kappa shape index (κ3) is 7.04. The molecule has 1 saturated carbocycles. The molecule has 1 amide bonds. The minimum Gasteiger partial charge on any atom is -0.490 e. The van der Waals surface area contributed by atoms with Crippen molar-refractivity contribution in [1.29, 1.82) is 0 Å². The van der Waals surface area contributed by atoms with Crippen LogP contribution < -0.4 is 5.32 Å². The number of aromatic nitrogens is 1. The second kappa shape index (κ2) is 12.9. The molecule has 0 spiro atoms. The Hall–Kier alpha value is -3.70. The molecule has 7 nitrogen and oxygen atoms in total. The predicted octanol–water partition coefficient (Wildman–Crippen LogP) is 6.65. The maximum atomic E-state index is 15.2. The van der Waals surface area contributed by atoms with Crippen LogP contribution in [0.5, 0.6) is 0 Å². The number of nitrogens with one attached hydrogen (secondary N) is 1. The van der Waals surface area contributed by atoms with E-state index in [1.54, 1.807) is 23.6 Å². The van der Waals surface area contributed by atoms with Gasteiger partial charge in [-0.05, 0) is 37.0 Å². The fourth-order valence-electron chi connectivity index (χ4n) is 4.39. The van der Waals surface area contributed by atoms with E-state index in [1.807, 2.05) is 0 Å². The third-order valence-corrected chi connectivity index (χ3v) is 7.22. The number of ether oxygens (including phenoxy) is 2. The third-order valence-electron chi connectivity index (χ3n) is 6.46. The number of aliphatic carboxylic acids is 1. The summed E-state index contributed by atoms with van der Waals surface area (Å²) in [5.74, 6) is -5.29. The highest BCUT2D eigenvalue weighted by Gasteiger charge is 2.19. The molecule has 1 heterocycles. The Balaban J connectivity index is 1.44. The maximum Gasteiger partial charge on any atom is 0.371 e. The standard InChI is InChI=1S/C28H27F3N2O5S/c1-37-24(27(35)36)12-20-21(29)10-18(11-22(20)30)26(34)33-28-32-23(15-39-28)19-9-5-8-17(25(19)31)14-38-13-16-6-3-2-4-7-16/h5,8-12,15-16H,2-4,6-7,13-14H2,1H3,(H,35,36)(H,32,33,34)/b24-12+. The largest absolute Gasteiger partial charge is 0.490 e. The first-order valence-corrected chi connectivity index (χ1v) is 13.2. The summed E-state index contributed by atoms with van der Waals surface area (Å²) in [6, 6.07) is 6.47. The lowest BCUT2D eigenvalue weighted by Crippen LogP contribution is -2.13. The highest BCUT2D eigenvalue weighted by molar-refractivity contribution is 7.14. The Morgan fingerprint density at radius 3 is 2.54 bits per heavy atom. The lowest BCUT2D eigenvalue weighted by Gasteiger charge is -2.21. The van der Waals surface area contributed by atoms with Crippen LogP contribution in [0.1, 0.15) is 53.6 Å². The van der Waals surface area contributed by atoms with Crippen LogP contribution in [0.25, 0.3) is 17.3 Å². The van der Waals surface area contributed by atoms with Crippen LogP contribution >= 0.6 is 11.3 Å². The molecule has 2 aromatic carbocycles. The number of carbonyl (C=O) groups excluding carboxylic acids is 1. The van der Waals surface area contributed by atoms with E-state index in [0.717, 1.165) is 43.4 Å². The number of amides is 1. The second-order valence-electron chi connectivity index (χ2n) is 9.16. The average Bonchev–Trinajstić information content (AvgIpc) is 3.37. The summed E-state index contributed by atoms with van der Waals surface area (Å²) in [6.45, 7) is 0.743. The highest BCUT2D eigenvalue weighted by Crippen LogP contribution is 2.30. The van der Waals surface area contributed by atoms with Gasteiger partial charge in [-0.25, -0.2) is 22.9 Å². The molecule has 0 radical (unpaired) electrons. The van der Waals surface area contributed by atoms with Gasteiger partial charge in [-0.3, -0.25) is 10.1 Å². The van der Waals surface area contributed by atoms with Crippen LogP contribution in [-0.2, 0) is 20.9 Å². The smallest absolute Gasteiger partial charge is 0.371 e. The fourth-order valence-corrected chi connectivity index (χ4v) is 5.10. The van der Waals surface area contributed by atoms with E-state index in [1.165, 1.54) is 19.3 Å². The van der Waals surface area contributed by atoms with Crippen molar-refractivity contribution in [2.75, 3.05) is 19.0 Å². The summed E-state index contributed by atoms with van der Waals surface area (Å²) in [5, 5.41) is 13.1. The molecule has 1 aliphatic carbocycles. The van der Waals surface area contributed by atoms with E-state index < -0.39 is 40.7 Å². The van der Waals surface area contributed by atoms with Gasteiger partial charge in [0, 0.05) is 40.3 Å². The zero-order chi connectivity index (χ0) is 27.9. The molecule has 0 atom stereocenters. The minimum absolute atomic E-state index is 0.102. The number of rotatable bonds is 10. The molecule has 0 saturated heterocycles. The first-order valence-electron chi connectivity index (χ1n) is 12.4. The van der Waals surface area contributed by atoms with Gasteiger partial charge < -0.3 is 14.6 Å². The SMILES string of the molecule is CO/C(=C/c1c(F)cc(C(=O)Nc2nc(-c3cccc(COCC4CCCCC4)c3F)cs2)cc1F)C(=O)O. The van der Waals surface area contributed by atoms with Crippen molar-refractivity contribution in [1.82, 2.24) is 4.98 Å². The van der Waals surface area contributed by atoms with Crippen molar-refractivity contribution in [2.24, 2.45) is 5.92 Å². The highest BCUT2D eigenvalue weighted by atomic mass is 32.1. The Labute approximate surface area is 227 Å². The van der Waals surface area contributed by atoms with Gasteiger partial charge >= 0.3 is 5.97 Å². The summed E-state index contributed by atoms with van der Waals surface area (Å²) < 4.78 is 54.6. The Morgan fingerprint density at radius 1 is 1.15 bits per heavy atom. The number of carbonyl (C=O) groups is 2. The number of nitrogens with zero attached hydrogens (tertiary/aromatic N) is 1. The molecular weight excluding hydrogens is 533 g/mol. The minimum atomic E-state index is -1.51. The average molecular weight is 561 g/mol. The van der Waals surface area contributed by atoms with Gasteiger partial charge in [0.05, 0.1) is 19.4 Å². The van der Waals surface area contributed by atoms with E-state index in [0.29, 0.717) is 29.9 Å². The Bertz CT molecular complexity index is 1360. The van der Waals surface area contributed by atoms with Gasteiger partial charge in [-0.1, -0.05) is 31.4 Å². The molecule has 4 rings (SSSR count). The van der Waals surface area contributed by atoms with Crippen LogP contribution in [0, 0.1) is 23.4 Å². The van der Waals surface area contributed by atoms with Crippen LogP contribution in [-0.4, -0.2) is 35.7 Å². The Kier molecular flexibility index (Phi) is 9.36. The van der Waals surface area contributed by atoms with Gasteiger partial charge in [0.1, 0.15) is 17.5 Å². The number of anilines is 1. The van der Waals surface area contributed by atoms with E-state index in [2.05, 4.69) is 15.0 Å². The second-order valence-corrected chi connectivity index (χ2v) is 10.0. The van der Waals surface area contributed by atoms with Gasteiger partial charge in [0.25, 0.3) is 5.91 Å². The van der Waals surface area contributed by atoms with Crippen molar-refractivity contribution in [2.45, 2.75) is 38.7 Å². The lowest BCUT2D eigenvalue weighted by atomic mass is 9.90. The number of thiazole rings is 1. The van der Waals surface area contributed by atoms with Crippen LogP contribution in [0.3, 0.4) is 0 Å². The van der Waals surface area contributed by atoms with Gasteiger partial charge in [0.2, 0.25) is 5.76 Å². The summed E-state index contributed by atoms with van der Waals surface area (Å²) in [4.78, 5) is 27.9. The van der Waals surface area contributed by atoms with E-state index >= 15 is 4.39 Å². The zero-order valence-corrected chi connectivity index (χ0v) is 22.0. The number of methoxy groups -OCH3 is 1. The number of hydrogen-bond acceptors (Lipinski definition) is 6. The summed E-state index contributed by atoms with van der Waals surface area (Å²) in [6.07, 6.45) is 6.62. The van der Waals surface area contributed by atoms with Crippen molar-refractivity contribution >= 4 is 34.4 Å². The van der Waals surface area contributed by atoms with Crippen molar-refractivity contribution in [3.05, 3.63) is 75.6 Å². The summed E-state index contributed by atoms with van der Waals surface area (Å²) in [5.41, 5.74) is -0.0786. The van der Waals surface area contributed by atoms with E-state index in [-0.39, 0.29) is 22.9 Å². The lowest BCUT2D eigenvalue weighted by molar-refractivity contribution is -0.135. The maximum absolute atomic E-state index is 15.2. The monoisotopic (exact) mass is 560 g/mol. The van der Waals surface area contributed by atoms with Crippen LogP contribution in [0.4, 0.5) is 18.3 Å². The van der Waals surface area contributed by atoms with Gasteiger partial charge in [-0.15, -0.1) is 11.3 Å². The van der Waals surface area contributed by atoms with E-state index in [9.17, 15) is 18.4 Å². The quantitative estimate of drug-likeness (QED) is 0.213. The molecule has 0 aliphatic heterocycles. The first kappa shape index (κ1) is 28.3. The van der Waals surface area contributed by atoms with Crippen molar-refractivity contribution in [3.63, 3.8) is 0 Å². The number of benzene rings is 2. The number of hydrogen-bond donors (Lipinski definition) is 2. The zero-order valence-electron chi connectivity index (χ0n) is 21.1. The summed E-state index contributed by atoms with van der Waals surface area (Å²) in [7, 11) is 1.05. The van der Waals surface area contributed by atoms with Crippen LogP contribution in [0.2, 0.25) is 0 Å². The molecule has 3 aromatic rings. The topological polar surface area (TPSA) is 97.8 Å². The number of carboxylic acid groups (broad SMARTS) is 1. The molecule has 206 valence electrons. The van der Waals surface area contributed by atoms with E-state index in [4.69, 9.17) is 9.84 Å². The van der Waals surface area contributed by atoms with Gasteiger partial charge in [-0.2, -0.15) is 0 Å². The molecule has 2 N–H and O–H groups in total. The van der Waals surface area contributed by atoms with Crippen LogP contribution in [0.15, 0.2) is 41.5 Å². The fraction of sp³-hybridized carbons (Fsp3) is 0.321. The predicted molar refractivity (Wildman–Crippen MR) is 141 cm³/mol.